The second-order valence-corrected chi connectivity index (χ2v) is 6.19. The van der Waals surface area contributed by atoms with Gasteiger partial charge in [0.15, 0.2) is 11.5 Å². The van der Waals surface area contributed by atoms with E-state index in [4.69, 9.17) is 9.47 Å². The van der Waals surface area contributed by atoms with Crippen molar-refractivity contribution in [1.29, 1.82) is 0 Å². The van der Waals surface area contributed by atoms with Crippen LogP contribution in [0.15, 0.2) is 30.3 Å². The number of aromatic nitrogens is 1. The lowest BCUT2D eigenvalue weighted by Crippen LogP contribution is -2.32. The molecule has 0 bridgehead atoms. The molecule has 1 aliphatic heterocycles. The molecular weight excluding hydrogens is 304 g/mol. The average Bonchev–Trinajstić information content (AvgIpc) is 3.21. The Kier molecular flexibility index (Phi) is 4.51. The van der Waals surface area contributed by atoms with Crippen molar-refractivity contribution < 1.29 is 14.3 Å². The van der Waals surface area contributed by atoms with Crippen LogP contribution in [0.4, 0.5) is 0 Å². The minimum absolute atomic E-state index is 0.0764. The monoisotopic (exact) mass is 328 g/mol. The van der Waals surface area contributed by atoms with Crippen molar-refractivity contribution >= 4 is 5.91 Å². The Hall–Kier alpha value is -2.43. The number of amides is 1. The number of carbonyl (C=O) groups is 1. The molecule has 2 aromatic rings. The summed E-state index contributed by atoms with van der Waals surface area (Å²) in [5.41, 5.74) is 2.91. The molecule has 0 radical (unpaired) electrons. The number of aryl methyl sites for hydroxylation is 1. The second-order valence-electron chi connectivity index (χ2n) is 6.19. The zero-order valence-electron chi connectivity index (χ0n) is 14.7. The summed E-state index contributed by atoms with van der Waals surface area (Å²) in [5, 5.41) is 0. The summed E-state index contributed by atoms with van der Waals surface area (Å²) < 4.78 is 12.7. The third kappa shape index (κ3) is 2.75. The van der Waals surface area contributed by atoms with Gasteiger partial charge < -0.3 is 18.9 Å². The normalized spacial score (nSPS) is 17.2. The summed E-state index contributed by atoms with van der Waals surface area (Å²) in [6, 6.07) is 9.87. The van der Waals surface area contributed by atoms with Crippen molar-refractivity contribution in [3.63, 3.8) is 0 Å². The van der Waals surface area contributed by atoms with Crippen molar-refractivity contribution in [3.8, 4) is 11.5 Å². The highest BCUT2D eigenvalue weighted by Crippen LogP contribution is 2.37. The molecule has 1 aliphatic rings. The number of hydrogen-bond donors (Lipinski definition) is 0. The Labute approximate surface area is 142 Å². The minimum atomic E-state index is 0.0764. The molecule has 0 saturated carbocycles. The summed E-state index contributed by atoms with van der Waals surface area (Å²) in [5.74, 6) is 1.49. The molecule has 0 unspecified atom stereocenters. The standard InChI is InChI=1S/C19H24N2O3/c1-13-7-9-16(20(13)2)19(22)21-11-5-6-15(21)14-8-10-17(23-3)18(12-14)24-4/h7-10,12,15H,5-6,11H2,1-4H3/t15-/m0/s1. The largest absolute Gasteiger partial charge is 0.493 e. The third-order valence-electron chi connectivity index (χ3n) is 4.90. The molecule has 128 valence electrons. The number of rotatable bonds is 4. The fourth-order valence-corrected chi connectivity index (χ4v) is 3.39. The zero-order valence-corrected chi connectivity index (χ0v) is 14.7. The van der Waals surface area contributed by atoms with E-state index in [1.165, 1.54) is 0 Å². The lowest BCUT2D eigenvalue weighted by atomic mass is 10.0. The van der Waals surface area contributed by atoms with Gasteiger partial charge in [-0.05, 0) is 49.6 Å². The molecule has 1 amide bonds. The first-order chi connectivity index (χ1) is 11.6. The van der Waals surface area contributed by atoms with E-state index in [0.717, 1.165) is 36.3 Å². The molecule has 1 saturated heterocycles. The van der Waals surface area contributed by atoms with Gasteiger partial charge in [-0.25, -0.2) is 0 Å². The van der Waals surface area contributed by atoms with Crippen LogP contribution in [-0.2, 0) is 7.05 Å². The summed E-state index contributed by atoms with van der Waals surface area (Å²) in [6.07, 6.45) is 1.97. The fourth-order valence-electron chi connectivity index (χ4n) is 3.39. The number of methoxy groups -OCH3 is 2. The molecule has 24 heavy (non-hydrogen) atoms. The van der Waals surface area contributed by atoms with Crippen LogP contribution in [0.3, 0.4) is 0 Å². The van der Waals surface area contributed by atoms with Gasteiger partial charge in [0, 0.05) is 19.3 Å². The van der Waals surface area contributed by atoms with E-state index in [-0.39, 0.29) is 11.9 Å². The van der Waals surface area contributed by atoms with Crippen LogP contribution in [-0.4, -0.2) is 36.1 Å². The number of carbonyl (C=O) groups excluding carboxylic acids is 1. The predicted molar refractivity (Wildman–Crippen MR) is 92.7 cm³/mol. The van der Waals surface area contributed by atoms with Gasteiger partial charge >= 0.3 is 0 Å². The van der Waals surface area contributed by atoms with Crippen molar-refractivity contribution in [3.05, 3.63) is 47.3 Å². The SMILES string of the molecule is COc1ccc([C@@H]2CCCN2C(=O)c2ccc(C)n2C)cc1OC. The van der Waals surface area contributed by atoms with Gasteiger partial charge in [0.1, 0.15) is 5.69 Å². The van der Waals surface area contributed by atoms with Crippen LogP contribution >= 0.6 is 0 Å². The van der Waals surface area contributed by atoms with E-state index in [0.29, 0.717) is 11.5 Å². The number of ether oxygens (including phenoxy) is 2. The molecule has 2 heterocycles. The van der Waals surface area contributed by atoms with Crippen LogP contribution in [0.2, 0.25) is 0 Å². The van der Waals surface area contributed by atoms with E-state index in [9.17, 15) is 4.79 Å². The Morgan fingerprint density at radius 1 is 1.12 bits per heavy atom. The maximum Gasteiger partial charge on any atom is 0.270 e. The molecule has 5 nitrogen and oxygen atoms in total. The van der Waals surface area contributed by atoms with Gasteiger partial charge in [0.2, 0.25) is 0 Å². The maximum absolute atomic E-state index is 13.0. The zero-order chi connectivity index (χ0) is 17.3. The van der Waals surface area contributed by atoms with Gasteiger partial charge in [-0.2, -0.15) is 0 Å². The molecule has 0 aliphatic carbocycles. The smallest absolute Gasteiger partial charge is 0.270 e. The van der Waals surface area contributed by atoms with E-state index in [1.807, 2.05) is 53.8 Å². The summed E-state index contributed by atoms with van der Waals surface area (Å²) in [6.45, 7) is 2.79. The van der Waals surface area contributed by atoms with Crippen LogP contribution in [0.5, 0.6) is 11.5 Å². The molecule has 0 N–H and O–H groups in total. The quantitative estimate of drug-likeness (QED) is 0.865. The number of hydrogen-bond acceptors (Lipinski definition) is 3. The van der Waals surface area contributed by atoms with Gasteiger partial charge in [-0.15, -0.1) is 0 Å². The molecule has 1 aromatic carbocycles. The van der Waals surface area contributed by atoms with Crippen LogP contribution in [0.25, 0.3) is 0 Å². The summed E-state index contributed by atoms with van der Waals surface area (Å²) >= 11 is 0. The number of benzene rings is 1. The average molecular weight is 328 g/mol. The van der Waals surface area contributed by atoms with E-state index >= 15 is 0 Å². The van der Waals surface area contributed by atoms with Gasteiger partial charge in [0.05, 0.1) is 20.3 Å². The van der Waals surface area contributed by atoms with Crippen molar-refractivity contribution in [2.45, 2.75) is 25.8 Å². The maximum atomic E-state index is 13.0. The van der Waals surface area contributed by atoms with Crippen molar-refractivity contribution in [2.75, 3.05) is 20.8 Å². The lowest BCUT2D eigenvalue weighted by Gasteiger charge is -2.26. The third-order valence-corrected chi connectivity index (χ3v) is 4.90. The van der Waals surface area contributed by atoms with E-state index < -0.39 is 0 Å². The number of likely N-dealkylation sites (tertiary alicyclic amines) is 1. The molecule has 3 rings (SSSR count). The highest BCUT2D eigenvalue weighted by atomic mass is 16.5. The van der Waals surface area contributed by atoms with Crippen LogP contribution < -0.4 is 9.47 Å². The minimum Gasteiger partial charge on any atom is -0.493 e. The molecule has 1 fully saturated rings. The highest BCUT2D eigenvalue weighted by Gasteiger charge is 2.32. The first-order valence-electron chi connectivity index (χ1n) is 8.22. The number of nitrogens with zero attached hydrogens (tertiary/aromatic N) is 2. The van der Waals surface area contributed by atoms with Crippen molar-refractivity contribution in [1.82, 2.24) is 9.47 Å². The topological polar surface area (TPSA) is 43.7 Å². The molecular formula is C19H24N2O3. The van der Waals surface area contributed by atoms with Gasteiger partial charge in [0.25, 0.3) is 5.91 Å². The van der Waals surface area contributed by atoms with E-state index in [1.54, 1.807) is 14.2 Å². The second kappa shape index (κ2) is 6.59. The molecule has 5 heteroatoms. The first-order valence-corrected chi connectivity index (χ1v) is 8.22. The van der Waals surface area contributed by atoms with Gasteiger partial charge in [-0.3, -0.25) is 4.79 Å². The van der Waals surface area contributed by atoms with Gasteiger partial charge in [-0.1, -0.05) is 6.07 Å². The first kappa shape index (κ1) is 16.4. The lowest BCUT2D eigenvalue weighted by molar-refractivity contribution is 0.0725. The molecule has 0 spiro atoms. The Morgan fingerprint density at radius 2 is 1.88 bits per heavy atom. The Bertz CT molecular complexity index is 751. The fraction of sp³-hybridized carbons (Fsp3) is 0.421. The van der Waals surface area contributed by atoms with Crippen molar-refractivity contribution in [2.24, 2.45) is 7.05 Å². The Morgan fingerprint density at radius 3 is 2.50 bits per heavy atom. The van der Waals surface area contributed by atoms with Crippen LogP contribution in [0.1, 0.15) is 40.6 Å². The highest BCUT2D eigenvalue weighted by molar-refractivity contribution is 5.93. The Balaban J connectivity index is 1.91. The molecule has 1 aromatic heterocycles. The summed E-state index contributed by atoms with van der Waals surface area (Å²) in [4.78, 5) is 15.0. The molecule has 1 atom stereocenters. The predicted octanol–water partition coefficient (Wildman–Crippen LogP) is 3.33. The summed E-state index contributed by atoms with van der Waals surface area (Å²) in [7, 11) is 5.19. The van der Waals surface area contributed by atoms with E-state index in [2.05, 4.69) is 0 Å². The van der Waals surface area contributed by atoms with Crippen LogP contribution in [0, 0.1) is 6.92 Å².